The van der Waals surface area contributed by atoms with Crippen LogP contribution in [0.5, 0.6) is 0 Å². The molecule has 0 atom stereocenters. The Bertz CT molecular complexity index is 408. The third-order valence-electron chi connectivity index (χ3n) is 1.60. The number of methoxy groups -OCH3 is 1. The summed E-state index contributed by atoms with van der Waals surface area (Å²) >= 11 is 0. The van der Waals surface area contributed by atoms with Gasteiger partial charge in [0.2, 0.25) is 0 Å². The van der Waals surface area contributed by atoms with Crippen molar-refractivity contribution in [2.45, 2.75) is 0 Å². The number of carbonyl (C=O) groups excluding carboxylic acids is 1. The number of hydrogen-bond donors (Lipinski definition) is 1. The fraction of sp³-hybridized carbons (Fsp3) is 0.125. The lowest BCUT2D eigenvalue weighted by atomic mass is 10.2. The predicted octanol–water partition coefficient (Wildman–Crippen LogP) is 1.91. The topological polar surface area (TPSA) is 81.5 Å². The van der Waals surface area contributed by atoms with Crippen molar-refractivity contribution in [3.63, 3.8) is 0 Å². The molecule has 0 saturated heterocycles. The van der Waals surface area contributed by atoms with Crippen molar-refractivity contribution in [1.82, 2.24) is 0 Å². The van der Waals surface area contributed by atoms with Crippen molar-refractivity contribution in [2.24, 2.45) is 0 Å². The molecule has 0 aliphatic heterocycles. The number of amides is 1. The van der Waals surface area contributed by atoms with E-state index in [2.05, 4.69) is 4.74 Å². The molecule has 0 aliphatic rings. The van der Waals surface area contributed by atoms with Gasteiger partial charge in [-0.3, -0.25) is 15.4 Å². The molecule has 1 N–H and O–H groups in total. The van der Waals surface area contributed by atoms with Crippen molar-refractivity contribution < 1.29 is 18.8 Å². The van der Waals surface area contributed by atoms with E-state index in [1.807, 2.05) is 5.32 Å². The molecule has 0 saturated carbocycles. The van der Waals surface area contributed by atoms with Crippen molar-refractivity contribution >= 4 is 17.5 Å². The maximum Gasteiger partial charge on any atom is 0.411 e. The zero-order chi connectivity index (χ0) is 11.4. The van der Waals surface area contributed by atoms with Gasteiger partial charge in [0, 0.05) is 6.07 Å². The van der Waals surface area contributed by atoms with E-state index in [0.717, 1.165) is 19.2 Å². The van der Waals surface area contributed by atoms with Crippen LogP contribution in [-0.4, -0.2) is 18.1 Å². The number of nitrogens with one attached hydrogen (secondary N) is 1. The van der Waals surface area contributed by atoms with Crippen molar-refractivity contribution in [2.75, 3.05) is 12.4 Å². The second-order valence-corrected chi connectivity index (χ2v) is 2.51. The fourth-order valence-electron chi connectivity index (χ4n) is 0.942. The van der Waals surface area contributed by atoms with Gasteiger partial charge in [0.1, 0.15) is 0 Å². The number of anilines is 1. The number of halogens is 1. The van der Waals surface area contributed by atoms with E-state index in [4.69, 9.17) is 0 Å². The van der Waals surface area contributed by atoms with Crippen LogP contribution in [-0.2, 0) is 4.74 Å². The second-order valence-electron chi connectivity index (χ2n) is 2.51. The van der Waals surface area contributed by atoms with Gasteiger partial charge in [-0.25, -0.2) is 9.18 Å². The quantitative estimate of drug-likeness (QED) is 0.602. The van der Waals surface area contributed by atoms with Gasteiger partial charge in [-0.15, -0.1) is 0 Å². The van der Waals surface area contributed by atoms with Crippen LogP contribution in [0, 0.1) is 15.9 Å². The number of nitro groups is 1. The summed E-state index contributed by atoms with van der Waals surface area (Å²) in [5.41, 5.74) is -1.03. The lowest BCUT2D eigenvalue weighted by Crippen LogP contribution is -2.13. The Balaban J connectivity index is 3.13. The van der Waals surface area contributed by atoms with Crippen LogP contribution < -0.4 is 5.32 Å². The number of hydrogen-bond acceptors (Lipinski definition) is 4. The number of para-hydroxylation sites is 1. The minimum absolute atomic E-state index is 0.505. The molecule has 0 heterocycles. The lowest BCUT2D eigenvalue weighted by Gasteiger charge is -2.04. The van der Waals surface area contributed by atoms with E-state index in [-0.39, 0.29) is 0 Å². The molecule has 0 radical (unpaired) electrons. The molecule has 1 amide bonds. The molecule has 0 bridgehead atoms. The van der Waals surface area contributed by atoms with Gasteiger partial charge in [0.15, 0.2) is 11.5 Å². The Kier molecular flexibility index (Phi) is 3.17. The average molecular weight is 214 g/mol. The molecule has 1 aromatic carbocycles. The van der Waals surface area contributed by atoms with Crippen LogP contribution in [0.3, 0.4) is 0 Å². The number of benzene rings is 1. The Morgan fingerprint density at radius 2 is 2.27 bits per heavy atom. The van der Waals surface area contributed by atoms with E-state index < -0.39 is 28.2 Å². The first-order valence-electron chi connectivity index (χ1n) is 3.84. The van der Waals surface area contributed by atoms with Gasteiger partial charge in [-0.05, 0) is 6.07 Å². The monoisotopic (exact) mass is 214 g/mol. The van der Waals surface area contributed by atoms with Gasteiger partial charge in [0.05, 0.1) is 12.0 Å². The van der Waals surface area contributed by atoms with Crippen LogP contribution in [0.25, 0.3) is 0 Å². The summed E-state index contributed by atoms with van der Waals surface area (Å²) < 4.78 is 17.3. The molecule has 1 rings (SSSR count). The minimum Gasteiger partial charge on any atom is -0.453 e. The summed E-state index contributed by atoms with van der Waals surface area (Å²) in [4.78, 5) is 20.5. The van der Waals surface area contributed by atoms with Gasteiger partial charge >= 0.3 is 6.09 Å². The average Bonchev–Trinajstić information content (AvgIpc) is 2.20. The first-order chi connectivity index (χ1) is 7.06. The SMILES string of the molecule is COC(=O)Nc1c(F)cccc1[N+](=O)[O-]. The summed E-state index contributed by atoms with van der Waals surface area (Å²) in [7, 11) is 1.07. The van der Waals surface area contributed by atoms with Crippen molar-refractivity contribution in [3.05, 3.63) is 34.1 Å². The molecule has 0 spiro atoms. The summed E-state index contributed by atoms with van der Waals surface area (Å²) in [6.45, 7) is 0. The summed E-state index contributed by atoms with van der Waals surface area (Å²) in [6.07, 6.45) is -0.969. The maximum absolute atomic E-state index is 13.1. The lowest BCUT2D eigenvalue weighted by molar-refractivity contribution is -0.384. The highest BCUT2D eigenvalue weighted by Crippen LogP contribution is 2.26. The van der Waals surface area contributed by atoms with Crippen molar-refractivity contribution in [1.29, 1.82) is 0 Å². The maximum atomic E-state index is 13.1. The van der Waals surface area contributed by atoms with Crippen LogP contribution in [0.15, 0.2) is 18.2 Å². The number of nitro benzene ring substituents is 1. The van der Waals surface area contributed by atoms with E-state index in [9.17, 15) is 19.3 Å². The van der Waals surface area contributed by atoms with E-state index in [1.54, 1.807) is 0 Å². The Morgan fingerprint density at radius 3 is 2.80 bits per heavy atom. The summed E-state index contributed by atoms with van der Waals surface area (Å²) in [5.74, 6) is -0.894. The third kappa shape index (κ3) is 2.39. The van der Waals surface area contributed by atoms with Gasteiger partial charge in [0.25, 0.3) is 5.69 Å². The molecule has 15 heavy (non-hydrogen) atoms. The highest BCUT2D eigenvalue weighted by Gasteiger charge is 2.19. The van der Waals surface area contributed by atoms with E-state index in [0.29, 0.717) is 0 Å². The van der Waals surface area contributed by atoms with Crippen LogP contribution in [0.4, 0.5) is 20.6 Å². The molecule has 80 valence electrons. The van der Waals surface area contributed by atoms with Crippen LogP contribution in [0.2, 0.25) is 0 Å². The van der Waals surface area contributed by atoms with Crippen LogP contribution >= 0.6 is 0 Å². The second kappa shape index (κ2) is 4.36. The predicted molar refractivity (Wildman–Crippen MR) is 49.1 cm³/mol. The van der Waals surface area contributed by atoms with Gasteiger partial charge in [-0.2, -0.15) is 0 Å². The molecule has 0 unspecified atom stereocenters. The highest BCUT2D eigenvalue weighted by molar-refractivity contribution is 5.87. The molecule has 1 aromatic rings. The Hall–Kier alpha value is -2.18. The fourth-order valence-corrected chi connectivity index (χ4v) is 0.942. The number of nitrogens with zero attached hydrogens (tertiary/aromatic N) is 1. The smallest absolute Gasteiger partial charge is 0.411 e. The highest BCUT2D eigenvalue weighted by atomic mass is 19.1. The molecular formula is C8H7FN2O4. The van der Waals surface area contributed by atoms with Crippen LogP contribution in [0.1, 0.15) is 0 Å². The summed E-state index contributed by atoms with van der Waals surface area (Å²) in [5, 5.41) is 12.4. The molecule has 0 aromatic heterocycles. The zero-order valence-corrected chi connectivity index (χ0v) is 7.69. The minimum atomic E-state index is -0.969. The largest absolute Gasteiger partial charge is 0.453 e. The number of ether oxygens (including phenoxy) is 1. The molecule has 6 nitrogen and oxygen atoms in total. The molecule has 0 aliphatic carbocycles. The van der Waals surface area contributed by atoms with E-state index in [1.165, 1.54) is 6.07 Å². The normalized spacial score (nSPS) is 9.47. The number of carbonyl (C=O) groups is 1. The summed E-state index contributed by atoms with van der Waals surface area (Å²) in [6, 6.07) is 3.25. The zero-order valence-electron chi connectivity index (χ0n) is 7.69. The molecule has 0 fully saturated rings. The van der Waals surface area contributed by atoms with Crippen molar-refractivity contribution in [3.8, 4) is 0 Å². The number of rotatable bonds is 2. The first-order valence-corrected chi connectivity index (χ1v) is 3.84. The first kappa shape index (κ1) is 10.9. The Labute approximate surface area is 83.8 Å². The molecule has 7 heteroatoms. The standard InChI is InChI=1S/C8H7FN2O4/c1-15-8(12)10-7-5(9)3-2-4-6(7)11(13)14/h2-4H,1H3,(H,10,12). The van der Waals surface area contributed by atoms with Gasteiger partial charge < -0.3 is 4.74 Å². The van der Waals surface area contributed by atoms with Gasteiger partial charge in [-0.1, -0.05) is 6.07 Å². The molecular weight excluding hydrogens is 207 g/mol. The van der Waals surface area contributed by atoms with E-state index >= 15 is 0 Å². The third-order valence-corrected chi connectivity index (χ3v) is 1.60. The Morgan fingerprint density at radius 1 is 1.60 bits per heavy atom.